The van der Waals surface area contributed by atoms with Gasteiger partial charge in [0.25, 0.3) is 5.56 Å². The number of nitrogens with zero attached hydrogens (tertiary/aromatic N) is 1. The summed E-state index contributed by atoms with van der Waals surface area (Å²) in [7, 11) is 0. The van der Waals surface area contributed by atoms with Crippen molar-refractivity contribution in [3.8, 4) is 0 Å². The molecule has 1 heterocycles. The average Bonchev–Trinajstić information content (AvgIpc) is 2.22. The Morgan fingerprint density at radius 3 is 2.62 bits per heavy atom. The van der Waals surface area contributed by atoms with Crippen LogP contribution in [-0.4, -0.2) is 9.55 Å². The van der Waals surface area contributed by atoms with E-state index in [1.54, 1.807) is 6.92 Å². The van der Waals surface area contributed by atoms with Crippen LogP contribution in [0.15, 0.2) is 16.9 Å². The molecule has 1 aromatic heterocycles. The Bertz CT molecular complexity index is 675. The zero-order valence-corrected chi connectivity index (χ0v) is 9.20. The highest BCUT2D eigenvalue weighted by atomic mass is 32.1. The molecule has 0 saturated heterocycles. The maximum atomic E-state index is 13.0. The SMILES string of the molecule is CCn1c(=S)[nH]c2cc(F)c(F)cc2c1=O. The average molecular weight is 242 g/mol. The summed E-state index contributed by atoms with van der Waals surface area (Å²) in [4.78, 5) is 14.5. The summed E-state index contributed by atoms with van der Waals surface area (Å²) >= 11 is 4.93. The smallest absolute Gasteiger partial charge is 0.262 e. The molecule has 2 aromatic rings. The lowest BCUT2D eigenvalue weighted by atomic mass is 10.2. The molecule has 0 aliphatic heterocycles. The molecule has 1 aromatic carbocycles. The van der Waals surface area contributed by atoms with E-state index in [0.717, 1.165) is 12.1 Å². The Labute approximate surface area is 94.3 Å². The van der Waals surface area contributed by atoms with Gasteiger partial charge in [0.05, 0.1) is 10.9 Å². The van der Waals surface area contributed by atoms with Crippen LogP contribution in [-0.2, 0) is 6.54 Å². The van der Waals surface area contributed by atoms with Crippen molar-refractivity contribution in [2.45, 2.75) is 13.5 Å². The monoisotopic (exact) mass is 242 g/mol. The fourth-order valence-corrected chi connectivity index (χ4v) is 1.86. The lowest BCUT2D eigenvalue weighted by Gasteiger charge is -2.05. The van der Waals surface area contributed by atoms with Crippen LogP contribution >= 0.6 is 12.2 Å². The van der Waals surface area contributed by atoms with Crippen LogP contribution in [0.1, 0.15) is 6.92 Å². The van der Waals surface area contributed by atoms with E-state index in [2.05, 4.69) is 4.98 Å². The second-order valence-corrected chi connectivity index (χ2v) is 3.68. The van der Waals surface area contributed by atoms with Crippen LogP contribution in [0, 0.1) is 16.4 Å². The molecule has 0 unspecified atom stereocenters. The van der Waals surface area contributed by atoms with E-state index in [0.29, 0.717) is 6.54 Å². The minimum absolute atomic E-state index is 0.0920. The first-order chi connectivity index (χ1) is 7.54. The summed E-state index contributed by atoms with van der Waals surface area (Å²) in [6, 6.07) is 1.81. The molecule has 3 nitrogen and oxygen atoms in total. The molecule has 84 valence electrons. The highest BCUT2D eigenvalue weighted by Crippen LogP contribution is 2.13. The van der Waals surface area contributed by atoms with Gasteiger partial charge >= 0.3 is 0 Å². The number of H-pyrrole nitrogens is 1. The van der Waals surface area contributed by atoms with Crippen molar-refractivity contribution in [3.63, 3.8) is 0 Å². The van der Waals surface area contributed by atoms with Gasteiger partial charge in [-0.05, 0) is 25.2 Å². The molecule has 0 bridgehead atoms. The molecule has 0 spiro atoms. The Morgan fingerprint density at radius 1 is 1.38 bits per heavy atom. The number of benzene rings is 1. The van der Waals surface area contributed by atoms with Gasteiger partial charge in [-0.3, -0.25) is 9.36 Å². The predicted octanol–water partition coefficient (Wildman–Crippen LogP) is 2.36. The maximum absolute atomic E-state index is 13.0. The normalized spacial score (nSPS) is 10.9. The van der Waals surface area contributed by atoms with E-state index in [-0.39, 0.29) is 15.7 Å². The van der Waals surface area contributed by atoms with Crippen LogP contribution in [0.5, 0.6) is 0 Å². The minimum Gasteiger partial charge on any atom is -0.331 e. The summed E-state index contributed by atoms with van der Waals surface area (Å²) in [6.07, 6.45) is 0. The van der Waals surface area contributed by atoms with Crippen molar-refractivity contribution in [2.24, 2.45) is 0 Å². The van der Waals surface area contributed by atoms with Crippen molar-refractivity contribution < 1.29 is 8.78 Å². The quantitative estimate of drug-likeness (QED) is 0.779. The molecule has 0 fully saturated rings. The number of halogens is 2. The standard InChI is InChI=1S/C10H8F2N2OS/c1-2-14-9(15)5-3-6(11)7(12)4-8(5)13-10(14)16/h3-4H,2H2,1H3,(H,13,16). The number of rotatable bonds is 1. The van der Waals surface area contributed by atoms with E-state index in [1.807, 2.05) is 0 Å². The number of aromatic amines is 1. The highest BCUT2D eigenvalue weighted by Gasteiger charge is 2.09. The van der Waals surface area contributed by atoms with Gasteiger partial charge in [-0.2, -0.15) is 0 Å². The third kappa shape index (κ3) is 1.55. The lowest BCUT2D eigenvalue weighted by Crippen LogP contribution is -2.21. The number of hydrogen-bond donors (Lipinski definition) is 1. The zero-order valence-electron chi connectivity index (χ0n) is 8.38. The Morgan fingerprint density at radius 2 is 2.00 bits per heavy atom. The van der Waals surface area contributed by atoms with Crippen LogP contribution in [0.25, 0.3) is 10.9 Å². The van der Waals surface area contributed by atoms with E-state index in [1.165, 1.54) is 4.57 Å². The van der Waals surface area contributed by atoms with Crippen LogP contribution in [0.2, 0.25) is 0 Å². The van der Waals surface area contributed by atoms with E-state index in [4.69, 9.17) is 12.2 Å². The minimum atomic E-state index is -1.04. The van der Waals surface area contributed by atoms with Gasteiger partial charge in [0, 0.05) is 12.6 Å². The second kappa shape index (κ2) is 3.79. The van der Waals surface area contributed by atoms with Gasteiger partial charge < -0.3 is 4.98 Å². The predicted molar refractivity (Wildman–Crippen MR) is 59.0 cm³/mol. The van der Waals surface area contributed by atoms with Crippen molar-refractivity contribution in [3.05, 3.63) is 38.9 Å². The maximum Gasteiger partial charge on any atom is 0.262 e. The van der Waals surface area contributed by atoms with Crippen LogP contribution in [0.3, 0.4) is 0 Å². The molecule has 2 rings (SSSR count). The first kappa shape index (κ1) is 10.9. The number of aromatic nitrogens is 2. The van der Waals surface area contributed by atoms with Gasteiger partial charge in [0.15, 0.2) is 16.4 Å². The molecule has 0 saturated carbocycles. The summed E-state index contributed by atoms with van der Waals surface area (Å²) in [6.45, 7) is 2.12. The topological polar surface area (TPSA) is 37.8 Å². The van der Waals surface area contributed by atoms with Crippen molar-refractivity contribution >= 4 is 23.1 Å². The third-order valence-corrected chi connectivity index (χ3v) is 2.66. The molecule has 0 atom stereocenters. The zero-order chi connectivity index (χ0) is 11.9. The van der Waals surface area contributed by atoms with Crippen LogP contribution in [0.4, 0.5) is 8.78 Å². The van der Waals surface area contributed by atoms with Crippen LogP contribution < -0.4 is 5.56 Å². The van der Waals surface area contributed by atoms with Gasteiger partial charge in [-0.25, -0.2) is 8.78 Å². The van der Waals surface area contributed by atoms with Gasteiger partial charge in [0.1, 0.15) is 0 Å². The molecular formula is C10H8F2N2OS. The van der Waals surface area contributed by atoms with E-state index in [9.17, 15) is 13.6 Å². The molecule has 0 radical (unpaired) electrons. The second-order valence-electron chi connectivity index (χ2n) is 3.29. The Kier molecular flexibility index (Phi) is 2.59. The van der Waals surface area contributed by atoms with E-state index < -0.39 is 17.2 Å². The largest absolute Gasteiger partial charge is 0.331 e. The fourth-order valence-electron chi connectivity index (χ4n) is 1.53. The Balaban J connectivity index is 3.00. The highest BCUT2D eigenvalue weighted by molar-refractivity contribution is 7.71. The van der Waals surface area contributed by atoms with E-state index >= 15 is 0 Å². The molecule has 16 heavy (non-hydrogen) atoms. The Hall–Kier alpha value is -1.56. The van der Waals surface area contributed by atoms with Gasteiger partial charge in [0.2, 0.25) is 0 Å². The van der Waals surface area contributed by atoms with Crippen molar-refractivity contribution in [1.82, 2.24) is 9.55 Å². The van der Waals surface area contributed by atoms with Crippen molar-refractivity contribution in [1.29, 1.82) is 0 Å². The van der Waals surface area contributed by atoms with Gasteiger partial charge in [-0.15, -0.1) is 0 Å². The first-order valence-electron chi connectivity index (χ1n) is 4.66. The molecule has 0 aliphatic rings. The lowest BCUT2D eigenvalue weighted by molar-refractivity contribution is 0.510. The summed E-state index contributed by atoms with van der Waals surface area (Å²) in [5.41, 5.74) is -0.209. The first-order valence-corrected chi connectivity index (χ1v) is 5.07. The van der Waals surface area contributed by atoms with Crippen molar-refractivity contribution in [2.75, 3.05) is 0 Å². The molecule has 1 N–H and O–H groups in total. The summed E-state index contributed by atoms with van der Waals surface area (Å²) < 4.78 is 27.4. The fraction of sp³-hybridized carbons (Fsp3) is 0.200. The molecule has 0 amide bonds. The third-order valence-electron chi connectivity index (χ3n) is 2.34. The summed E-state index contributed by atoms with van der Waals surface area (Å²) in [5.74, 6) is -2.05. The summed E-state index contributed by atoms with van der Waals surface area (Å²) in [5, 5.41) is 0.0920. The van der Waals surface area contributed by atoms with Gasteiger partial charge in [-0.1, -0.05) is 0 Å². The number of hydrogen-bond acceptors (Lipinski definition) is 2. The molecule has 0 aliphatic carbocycles. The molecular weight excluding hydrogens is 234 g/mol. The number of fused-ring (bicyclic) bond motifs is 1. The molecule has 6 heteroatoms. The number of nitrogens with one attached hydrogen (secondary N) is 1.